The fraction of sp³-hybridized carbons (Fsp3) is 0.579. The van der Waals surface area contributed by atoms with Crippen molar-refractivity contribution in [2.45, 2.75) is 64.8 Å². The molecule has 1 aliphatic rings. The largest absolute Gasteiger partial charge is 0.481 e. The fourth-order valence-electron chi connectivity index (χ4n) is 3.38. The van der Waals surface area contributed by atoms with Gasteiger partial charge >= 0.3 is 5.97 Å². The van der Waals surface area contributed by atoms with Crippen molar-refractivity contribution in [3.63, 3.8) is 0 Å². The van der Waals surface area contributed by atoms with Crippen LogP contribution < -0.4 is 0 Å². The molecule has 1 saturated heterocycles. The van der Waals surface area contributed by atoms with E-state index in [1.165, 1.54) is 16.7 Å². The number of hydrogen-bond donors (Lipinski definition) is 1. The first kappa shape index (κ1) is 17.5. The minimum atomic E-state index is -0.788. The summed E-state index contributed by atoms with van der Waals surface area (Å²) in [6.45, 7) is 5.06. The van der Waals surface area contributed by atoms with Crippen molar-refractivity contribution in [2.24, 2.45) is 0 Å². The molecular weight excluding hydrogens is 290 g/mol. The van der Waals surface area contributed by atoms with Gasteiger partial charge in [-0.15, -0.1) is 0 Å². The van der Waals surface area contributed by atoms with Gasteiger partial charge in [0.25, 0.3) is 0 Å². The molecule has 2 rings (SSSR count). The van der Waals surface area contributed by atoms with E-state index < -0.39 is 5.97 Å². The molecule has 0 aromatic heterocycles. The third kappa shape index (κ3) is 4.57. The molecule has 0 saturated carbocycles. The normalized spacial score (nSPS) is 18.0. The Bertz CT molecular complexity index is 568. The predicted octanol–water partition coefficient (Wildman–Crippen LogP) is 4.00. The van der Waals surface area contributed by atoms with Crippen LogP contribution in [0, 0.1) is 13.8 Å². The zero-order valence-electron chi connectivity index (χ0n) is 14.2. The molecular formula is C19H27NO3. The van der Waals surface area contributed by atoms with E-state index in [2.05, 4.69) is 32.0 Å². The Labute approximate surface area is 138 Å². The molecule has 1 aromatic rings. The number of carbonyl (C=O) groups excluding carboxylic acids is 1. The highest BCUT2D eigenvalue weighted by Crippen LogP contribution is 2.34. The lowest BCUT2D eigenvalue weighted by atomic mass is 9.90. The van der Waals surface area contributed by atoms with Crippen molar-refractivity contribution in [3.05, 3.63) is 34.9 Å². The standard InChI is InChI=1S/C19H27NO3/c1-14-8-7-9-16(15(14)2)17-10-5-6-13-20(17)18(21)11-3-4-12-19(22)23/h7-9,17H,3-6,10-13H2,1-2H3,(H,22,23). The summed E-state index contributed by atoms with van der Waals surface area (Å²) in [7, 11) is 0. The van der Waals surface area contributed by atoms with Gasteiger partial charge in [0.1, 0.15) is 0 Å². The van der Waals surface area contributed by atoms with E-state index in [1.807, 2.05) is 4.90 Å². The molecule has 23 heavy (non-hydrogen) atoms. The summed E-state index contributed by atoms with van der Waals surface area (Å²) in [4.78, 5) is 25.2. The minimum Gasteiger partial charge on any atom is -0.481 e. The van der Waals surface area contributed by atoms with Crippen LogP contribution in [0.5, 0.6) is 0 Å². The molecule has 1 aliphatic heterocycles. The minimum absolute atomic E-state index is 0.147. The molecule has 1 atom stereocenters. The highest BCUT2D eigenvalue weighted by molar-refractivity contribution is 5.77. The van der Waals surface area contributed by atoms with Crippen LogP contribution in [0.3, 0.4) is 0 Å². The van der Waals surface area contributed by atoms with E-state index in [1.54, 1.807) is 0 Å². The van der Waals surface area contributed by atoms with Crippen LogP contribution in [-0.4, -0.2) is 28.4 Å². The quantitative estimate of drug-likeness (QED) is 0.807. The molecule has 4 heteroatoms. The van der Waals surface area contributed by atoms with Crippen molar-refractivity contribution in [3.8, 4) is 0 Å². The Morgan fingerprint density at radius 2 is 1.91 bits per heavy atom. The maximum Gasteiger partial charge on any atom is 0.303 e. The number of aryl methyl sites for hydroxylation is 1. The van der Waals surface area contributed by atoms with Gasteiger partial charge in [0.05, 0.1) is 6.04 Å². The number of hydrogen-bond acceptors (Lipinski definition) is 2. The summed E-state index contributed by atoms with van der Waals surface area (Å²) in [5.41, 5.74) is 3.81. The second-order valence-electron chi connectivity index (χ2n) is 6.49. The van der Waals surface area contributed by atoms with Crippen molar-refractivity contribution < 1.29 is 14.7 Å². The van der Waals surface area contributed by atoms with E-state index >= 15 is 0 Å². The smallest absolute Gasteiger partial charge is 0.303 e. The topological polar surface area (TPSA) is 57.6 Å². The Morgan fingerprint density at radius 3 is 2.65 bits per heavy atom. The molecule has 1 aromatic carbocycles. The second-order valence-corrected chi connectivity index (χ2v) is 6.49. The molecule has 0 spiro atoms. The van der Waals surface area contributed by atoms with Gasteiger partial charge in [-0.05, 0) is 62.6 Å². The number of nitrogens with zero attached hydrogens (tertiary/aromatic N) is 1. The lowest BCUT2D eigenvalue weighted by Gasteiger charge is -2.37. The van der Waals surface area contributed by atoms with Gasteiger partial charge in [-0.1, -0.05) is 18.2 Å². The summed E-state index contributed by atoms with van der Waals surface area (Å²) in [6.07, 6.45) is 5.06. The highest BCUT2D eigenvalue weighted by Gasteiger charge is 2.28. The van der Waals surface area contributed by atoms with Crippen LogP contribution in [0.2, 0.25) is 0 Å². The zero-order chi connectivity index (χ0) is 16.8. The number of unbranched alkanes of at least 4 members (excludes halogenated alkanes) is 1. The number of carboxylic acid groups (broad SMARTS) is 1. The second kappa shape index (κ2) is 8.14. The number of benzene rings is 1. The molecule has 1 fully saturated rings. The number of carboxylic acids is 1. The Kier molecular flexibility index (Phi) is 6.20. The number of aliphatic carboxylic acids is 1. The molecule has 0 bridgehead atoms. The highest BCUT2D eigenvalue weighted by atomic mass is 16.4. The number of likely N-dealkylation sites (tertiary alicyclic amines) is 1. The van der Waals surface area contributed by atoms with Crippen LogP contribution >= 0.6 is 0 Å². The van der Waals surface area contributed by atoms with Crippen LogP contribution in [-0.2, 0) is 9.59 Å². The summed E-state index contributed by atoms with van der Waals surface area (Å²) in [6, 6.07) is 6.50. The molecule has 1 heterocycles. The van der Waals surface area contributed by atoms with E-state index in [9.17, 15) is 9.59 Å². The number of piperidine rings is 1. The third-order valence-corrected chi connectivity index (χ3v) is 4.86. The van der Waals surface area contributed by atoms with Gasteiger partial charge in [-0.25, -0.2) is 0 Å². The molecule has 1 unspecified atom stereocenters. The summed E-state index contributed by atoms with van der Waals surface area (Å²) in [5.74, 6) is -0.621. The van der Waals surface area contributed by atoms with Crippen molar-refractivity contribution in [2.75, 3.05) is 6.54 Å². The van der Waals surface area contributed by atoms with Gasteiger partial charge in [-0.2, -0.15) is 0 Å². The lowest BCUT2D eigenvalue weighted by molar-refractivity contribution is -0.138. The summed E-state index contributed by atoms with van der Waals surface area (Å²) < 4.78 is 0. The monoisotopic (exact) mass is 317 g/mol. The van der Waals surface area contributed by atoms with Gasteiger partial charge in [0.15, 0.2) is 0 Å². The third-order valence-electron chi connectivity index (χ3n) is 4.86. The zero-order valence-corrected chi connectivity index (χ0v) is 14.2. The number of amides is 1. The maximum absolute atomic E-state index is 12.6. The Morgan fingerprint density at radius 1 is 1.17 bits per heavy atom. The van der Waals surface area contributed by atoms with E-state index in [4.69, 9.17) is 5.11 Å². The first-order chi connectivity index (χ1) is 11.0. The summed E-state index contributed by atoms with van der Waals surface area (Å²) >= 11 is 0. The first-order valence-corrected chi connectivity index (χ1v) is 8.58. The van der Waals surface area contributed by atoms with Crippen molar-refractivity contribution in [1.82, 2.24) is 4.90 Å². The van der Waals surface area contributed by atoms with Crippen molar-refractivity contribution >= 4 is 11.9 Å². The fourth-order valence-corrected chi connectivity index (χ4v) is 3.38. The Hall–Kier alpha value is -1.84. The van der Waals surface area contributed by atoms with Crippen LogP contribution in [0.25, 0.3) is 0 Å². The molecule has 1 amide bonds. The van der Waals surface area contributed by atoms with Crippen LogP contribution in [0.15, 0.2) is 18.2 Å². The van der Waals surface area contributed by atoms with Gasteiger partial charge in [0, 0.05) is 19.4 Å². The average molecular weight is 317 g/mol. The molecule has 0 radical (unpaired) electrons. The molecule has 1 N–H and O–H groups in total. The average Bonchev–Trinajstić information content (AvgIpc) is 2.54. The molecule has 0 aliphatic carbocycles. The van der Waals surface area contributed by atoms with Crippen LogP contribution in [0.1, 0.15) is 67.7 Å². The molecule has 4 nitrogen and oxygen atoms in total. The Balaban J connectivity index is 2.04. The van der Waals surface area contributed by atoms with E-state index in [0.29, 0.717) is 19.3 Å². The number of rotatable bonds is 6. The van der Waals surface area contributed by atoms with Gasteiger partial charge in [-0.3, -0.25) is 9.59 Å². The predicted molar refractivity (Wildman–Crippen MR) is 90.3 cm³/mol. The van der Waals surface area contributed by atoms with Crippen molar-refractivity contribution in [1.29, 1.82) is 0 Å². The van der Waals surface area contributed by atoms with Gasteiger partial charge < -0.3 is 10.0 Å². The van der Waals surface area contributed by atoms with Gasteiger partial charge in [0.2, 0.25) is 5.91 Å². The SMILES string of the molecule is Cc1cccc(C2CCCCN2C(=O)CCCCC(=O)O)c1C. The summed E-state index contributed by atoms with van der Waals surface area (Å²) in [5, 5.41) is 8.68. The lowest BCUT2D eigenvalue weighted by Crippen LogP contribution is -2.38. The molecule has 126 valence electrons. The van der Waals surface area contributed by atoms with Crippen LogP contribution in [0.4, 0.5) is 0 Å². The van der Waals surface area contributed by atoms with E-state index in [0.717, 1.165) is 25.8 Å². The maximum atomic E-state index is 12.6. The first-order valence-electron chi connectivity index (χ1n) is 8.58. The number of carbonyl (C=O) groups is 2. The van der Waals surface area contributed by atoms with E-state index in [-0.39, 0.29) is 18.4 Å².